The standard InChI is InChI=1S/C16H15FNO/c17-18(10-13-6-2-1-3-7-13)11-14-8-4-5-9-15(14)16(19)12-18/h1-4,6-9,11H,5,10,12H2/q+1. The highest BCUT2D eigenvalue weighted by atomic mass is 19.2. The van der Waals surface area contributed by atoms with Crippen LogP contribution < -0.4 is 0 Å². The zero-order valence-corrected chi connectivity index (χ0v) is 10.6. The lowest BCUT2D eigenvalue weighted by Gasteiger charge is -2.27. The molecule has 96 valence electrons. The first-order valence-corrected chi connectivity index (χ1v) is 6.40. The molecule has 3 heteroatoms. The van der Waals surface area contributed by atoms with Gasteiger partial charge in [-0.2, -0.15) is 0 Å². The van der Waals surface area contributed by atoms with Gasteiger partial charge in [-0.05, 0) is 6.42 Å². The summed E-state index contributed by atoms with van der Waals surface area (Å²) < 4.78 is 14.0. The van der Waals surface area contributed by atoms with Crippen molar-refractivity contribution in [1.29, 1.82) is 0 Å². The molecular weight excluding hydrogens is 241 g/mol. The Bertz CT molecular complexity index is 600. The molecule has 0 saturated carbocycles. The smallest absolute Gasteiger partial charge is 0.221 e. The molecule has 0 radical (unpaired) electrons. The SMILES string of the molecule is O=C1C[N+](F)(Cc2ccccc2)C=C2C=CCC=C12. The first-order valence-electron chi connectivity index (χ1n) is 6.40. The summed E-state index contributed by atoms with van der Waals surface area (Å²) in [7, 11) is 0. The van der Waals surface area contributed by atoms with Crippen LogP contribution in [-0.2, 0) is 11.3 Å². The number of allylic oxidation sites excluding steroid dienone is 4. The van der Waals surface area contributed by atoms with Gasteiger partial charge < -0.3 is 0 Å². The molecule has 0 fully saturated rings. The van der Waals surface area contributed by atoms with Crippen LogP contribution in [0.15, 0.2) is 65.9 Å². The summed E-state index contributed by atoms with van der Waals surface area (Å²) in [6, 6.07) is 9.42. The number of quaternary nitrogens is 1. The maximum absolute atomic E-state index is 14.9. The molecule has 1 atom stereocenters. The summed E-state index contributed by atoms with van der Waals surface area (Å²) in [5.41, 5.74) is 2.27. The van der Waals surface area contributed by atoms with Gasteiger partial charge in [-0.1, -0.05) is 53.3 Å². The average Bonchev–Trinajstić information content (AvgIpc) is 2.39. The van der Waals surface area contributed by atoms with Gasteiger partial charge in [0.25, 0.3) is 0 Å². The van der Waals surface area contributed by atoms with Crippen molar-refractivity contribution in [2.24, 2.45) is 0 Å². The third kappa shape index (κ3) is 2.42. The lowest BCUT2D eigenvalue weighted by atomic mass is 9.93. The van der Waals surface area contributed by atoms with Gasteiger partial charge in [-0.15, -0.1) is 0 Å². The highest BCUT2D eigenvalue weighted by molar-refractivity contribution is 6.02. The molecule has 0 spiro atoms. The molecule has 1 heterocycles. The Morgan fingerprint density at radius 3 is 2.79 bits per heavy atom. The number of benzene rings is 1. The maximum atomic E-state index is 14.9. The van der Waals surface area contributed by atoms with E-state index in [9.17, 15) is 9.28 Å². The van der Waals surface area contributed by atoms with Gasteiger partial charge in [0.15, 0.2) is 6.54 Å². The zero-order valence-electron chi connectivity index (χ0n) is 10.6. The monoisotopic (exact) mass is 256 g/mol. The normalized spacial score (nSPS) is 25.6. The summed E-state index contributed by atoms with van der Waals surface area (Å²) in [6.07, 6.45) is 7.96. The Hall–Kier alpha value is -2.00. The fourth-order valence-corrected chi connectivity index (χ4v) is 2.58. The van der Waals surface area contributed by atoms with Gasteiger partial charge in [0.1, 0.15) is 12.7 Å². The van der Waals surface area contributed by atoms with E-state index in [0.717, 1.165) is 12.0 Å². The Morgan fingerprint density at radius 1 is 1.21 bits per heavy atom. The number of hydrogen-bond acceptors (Lipinski definition) is 1. The predicted octanol–water partition coefficient (Wildman–Crippen LogP) is 3.24. The lowest BCUT2D eigenvalue weighted by Crippen LogP contribution is -2.42. The lowest BCUT2D eigenvalue weighted by molar-refractivity contribution is -1.02. The number of Topliss-reactive ketones (excluding diaryl/α,β-unsaturated/α-hetero) is 1. The summed E-state index contributed by atoms with van der Waals surface area (Å²) in [4.78, 5) is 12.0. The predicted molar refractivity (Wildman–Crippen MR) is 71.3 cm³/mol. The van der Waals surface area contributed by atoms with E-state index in [4.69, 9.17) is 0 Å². The number of carbonyl (C=O) groups is 1. The van der Waals surface area contributed by atoms with Gasteiger partial charge >= 0.3 is 0 Å². The van der Waals surface area contributed by atoms with Gasteiger partial charge in [0.2, 0.25) is 5.78 Å². The first-order chi connectivity index (χ1) is 9.16. The number of carbonyl (C=O) groups excluding carboxylic acids is 1. The van der Waals surface area contributed by atoms with Crippen molar-refractivity contribution in [1.82, 2.24) is 0 Å². The minimum atomic E-state index is -0.847. The van der Waals surface area contributed by atoms with Crippen molar-refractivity contribution in [3.05, 3.63) is 71.5 Å². The van der Waals surface area contributed by atoms with Crippen LogP contribution in [0.1, 0.15) is 12.0 Å². The molecule has 0 N–H and O–H groups in total. The fraction of sp³-hybridized carbons (Fsp3) is 0.188. The molecule has 2 aliphatic rings. The summed E-state index contributed by atoms with van der Waals surface area (Å²) in [6.45, 7) is 0.0786. The topological polar surface area (TPSA) is 17.1 Å². The summed E-state index contributed by atoms with van der Waals surface area (Å²) in [5.74, 6) is -0.111. The third-order valence-electron chi connectivity index (χ3n) is 3.43. The third-order valence-corrected chi connectivity index (χ3v) is 3.43. The van der Waals surface area contributed by atoms with Crippen LogP contribution in [0.4, 0.5) is 4.48 Å². The van der Waals surface area contributed by atoms with Crippen molar-refractivity contribution >= 4 is 5.78 Å². The first kappa shape index (κ1) is 12.1. The molecule has 0 amide bonds. The molecule has 1 aliphatic heterocycles. The van der Waals surface area contributed by atoms with Crippen LogP contribution in [0.5, 0.6) is 0 Å². The van der Waals surface area contributed by atoms with Crippen molar-refractivity contribution in [3.8, 4) is 0 Å². The Balaban J connectivity index is 1.93. The maximum Gasteiger partial charge on any atom is 0.221 e. The summed E-state index contributed by atoms with van der Waals surface area (Å²) in [5, 5.41) is 0. The van der Waals surface area contributed by atoms with E-state index >= 15 is 0 Å². The molecule has 0 saturated heterocycles. The fourth-order valence-electron chi connectivity index (χ4n) is 2.58. The van der Waals surface area contributed by atoms with Crippen LogP contribution in [0, 0.1) is 0 Å². The number of fused-ring (bicyclic) bond motifs is 1. The zero-order chi connectivity index (χ0) is 13.3. The van der Waals surface area contributed by atoms with Crippen LogP contribution >= 0.6 is 0 Å². The second-order valence-electron chi connectivity index (χ2n) is 4.99. The van der Waals surface area contributed by atoms with Crippen molar-refractivity contribution in [2.45, 2.75) is 13.0 Å². The van der Waals surface area contributed by atoms with Gasteiger partial charge in [0.05, 0.1) is 0 Å². The van der Waals surface area contributed by atoms with E-state index in [1.807, 2.05) is 48.6 Å². The van der Waals surface area contributed by atoms with Crippen LogP contribution in [0.25, 0.3) is 0 Å². The molecule has 1 aromatic carbocycles. The average molecular weight is 256 g/mol. The van der Waals surface area contributed by atoms with Crippen molar-refractivity contribution in [3.63, 3.8) is 0 Å². The number of halogens is 1. The minimum absolute atomic E-state index is 0.111. The molecule has 1 aliphatic carbocycles. The van der Waals surface area contributed by atoms with E-state index in [1.54, 1.807) is 6.20 Å². The highest BCUT2D eigenvalue weighted by Gasteiger charge is 2.38. The molecule has 0 bridgehead atoms. The van der Waals surface area contributed by atoms with Crippen molar-refractivity contribution < 1.29 is 14.0 Å². The minimum Gasteiger partial charge on any atom is -0.288 e. The molecule has 1 unspecified atom stereocenters. The Kier molecular flexibility index (Phi) is 2.91. The van der Waals surface area contributed by atoms with Gasteiger partial charge in [0, 0.05) is 21.2 Å². The number of nitrogens with zero attached hydrogens (tertiary/aromatic N) is 1. The van der Waals surface area contributed by atoms with E-state index in [1.165, 1.54) is 0 Å². The summed E-state index contributed by atoms with van der Waals surface area (Å²) >= 11 is 0. The largest absolute Gasteiger partial charge is 0.288 e. The molecule has 3 rings (SSSR count). The van der Waals surface area contributed by atoms with E-state index < -0.39 is 4.71 Å². The van der Waals surface area contributed by atoms with E-state index in [0.29, 0.717) is 11.1 Å². The molecule has 1 aromatic rings. The molecule has 2 nitrogen and oxygen atoms in total. The molecule has 19 heavy (non-hydrogen) atoms. The second kappa shape index (κ2) is 4.59. The van der Waals surface area contributed by atoms with E-state index in [2.05, 4.69) is 0 Å². The van der Waals surface area contributed by atoms with Gasteiger partial charge in [-0.3, -0.25) is 4.79 Å². The Morgan fingerprint density at radius 2 is 2.00 bits per heavy atom. The van der Waals surface area contributed by atoms with Gasteiger partial charge in [-0.25, -0.2) is 0 Å². The van der Waals surface area contributed by atoms with E-state index in [-0.39, 0.29) is 18.9 Å². The second-order valence-corrected chi connectivity index (χ2v) is 4.99. The number of ketones is 1. The number of rotatable bonds is 2. The van der Waals surface area contributed by atoms with Crippen molar-refractivity contribution in [2.75, 3.05) is 6.54 Å². The Labute approximate surface area is 111 Å². The van der Waals surface area contributed by atoms with Crippen LogP contribution in [0.3, 0.4) is 0 Å². The van der Waals surface area contributed by atoms with Crippen LogP contribution in [0.2, 0.25) is 0 Å². The van der Waals surface area contributed by atoms with Crippen LogP contribution in [-0.4, -0.2) is 17.0 Å². The highest BCUT2D eigenvalue weighted by Crippen LogP contribution is 2.30. The molecule has 0 aromatic heterocycles. The quantitative estimate of drug-likeness (QED) is 0.742. The molecular formula is C16H15FNO+. The number of hydrogen-bond donors (Lipinski definition) is 0.